The molecule has 2 aliphatic rings. The van der Waals surface area contributed by atoms with Crippen LogP contribution in [0.4, 0.5) is 5.69 Å². The second-order valence-corrected chi connectivity index (χ2v) is 11.3. The molecule has 1 aliphatic carbocycles. The molecule has 0 bridgehead atoms. The minimum Gasteiger partial charge on any atom is -0.506 e. The molecule has 0 unspecified atom stereocenters. The van der Waals surface area contributed by atoms with E-state index in [2.05, 4.69) is 10.3 Å². The average Bonchev–Trinajstić information content (AvgIpc) is 3.23. The van der Waals surface area contributed by atoms with Crippen LogP contribution in [0.15, 0.2) is 12.1 Å². The molecule has 1 saturated heterocycles. The van der Waals surface area contributed by atoms with Crippen molar-refractivity contribution in [3.63, 3.8) is 0 Å². The maximum absolute atomic E-state index is 13.2. The number of nitrogens with one attached hydrogen (secondary N) is 2. The number of anilines is 1. The van der Waals surface area contributed by atoms with Crippen LogP contribution in [-0.4, -0.2) is 64.2 Å². The Morgan fingerprint density at radius 1 is 1.29 bits per heavy atom. The van der Waals surface area contributed by atoms with E-state index in [9.17, 15) is 19.8 Å². The number of aliphatic hydroxyl groups excluding tert-OH is 1. The number of carbonyl (C=O) groups excluding carboxylic acids is 2. The quantitative estimate of drug-likeness (QED) is 0.379. The number of aromatic nitrogens is 1. The predicted molar refractivity (Wildman–Crippen MR) is 133 cm³/mol. The molecule has 1 amide bonds. The number of phenols is 1. The molecule has 2 aromatic rings. The summed E-state index contributed by atoms with van der Waals surface area (Å²) < 4.78 is 0. The Morgan fingerprint density at radius 2 is 1.97 bits per heavy atom. The van der Waals surface area contributed by atoms with Gasteiger partial charge < -0.3 is 25.8 Å². The molecule has 1 aromatic heterocycles. The first-order chi connectivity index (χ1) is 16.0. The minimum absolute atomic E-state index is 0.0279. The normalized spacial score (nSPS) is 17.6. The zero-order chi connectivity index (χ0) is 24.8. The number of carbonyl (C=O) groups is 2. The van der Waals surface area contributed by atoms with Gasteiger partial charge in [-0.05, 0) is 43.7 Å². The van der Waals surface area contributed by atoms with E-state index >= 15 is 0 Å². The first kappa shape index (κ1) is 24.3. The van der Waals surface area contributed by atoms with Gasteiger partial charge in [0, 0.05) is 53.7 Å². The highest BCUT2D eigenvalue weighted by Crippen LogP contribution is 2.46. The number of benzene rings is 1. The van der Waals surface area contributed by atoms with E-state index in [4.69, 9.17) is 5.41 Å². The van der Waals surface area contributed by atoms with Crippen molar-refractivity contribution in [3.05, 3.63) is 38.8 Å². The van der Waals surface area contributed by atoms with Gasteiger partial charge in [0.1, 0.15) is 16.5 Å². The number of amides is 1. The standard InChI is InChI=1S/C25H32N4O4S/c1-14(26)16-9-15(10-17(31)20(16)27-4)22(33)29-7-5-25(6-8-29)11-18(32)21-19(12-25)34-23(28-21)24(2,3)13-30/h9-10,26-27,30-31H,5-8,11-13H2,1-4H3. The maximum atomic E-state index is 13.2. The third-order valence-corrected chi connectivity index (χ3v) is 8.56. The number of thiazole rings is 1. The van der Waals surface area contributed by atoms with Gasteiger partial charge in [0.2, 0.25) is 0 Å². The predicted octanol–water partition coefficient (Wildman–Crippen LogP) is 3.60. The number of hydrogen-bond donors (Lipinski definition) is 4. The van der Waals surface area contributed by atoms with Crippen molar-refractivity contribution in [2.75, 3.05) is 32.1 Å². The summed E-state index contributed by atoms with van der Waals surface area (Å²) >= 11 is 1.53. The molecule has 0 radical (unpaired) electrons. The van der Waals surface area contributed by atoms with Crippen LogP contribution in [0.3, 0.4) is 0 Å². The van der Waals surface area contributed by atoms with Crippen LogP contribution in [0, 0.1) is 10.8 Å². The molecule has 8 nitrogen and oxygen atoms in total. The largest absolute Gasteiger partial charge is 0.506 e. The lowest BCUT2D eigenvalue weighted by atomic mass is 9.68. The van der Waals surface area contributed by atoms with Crippen molar-refractivity contribution in [2.24, 2.45) is 5.41 Å². The maximum Gasteiger partial charge on any atom is 0.254 e. The van der Waals surface area contributed by atoms with Gasteiger partial charge in [-0.25, -0.2) is 4.98 Å². The van der Waals surface area contributed by atoms with E-state index in [-0.39, 0.29) is 35.2 Å². The SMILES string of the molecule is CNc1c(O)cc(C(=O)N2CCC3(CC2)CC(=O)c2nc(C(C)(C)CO)sc2C3)cc1C(C)=N. The van der Waals surface area contributed by atoms with Crippen LogP contribution in [0.5, 0.6) is 5.75 Å². The zero-order valence-corrected chi connectivity index (χ0v) is 20.9. The van der Waals surface area contributed by atoms with E-state index in [1.165, 1.54) is 17.4 Å². The molecule has 4 rings (SSSR count). The van der Waals surface area contributed by atoms with E-state index in [0.29, 0.717) is 42.0 Å². The fourth-order valence-electron chi connectivity index (χ4n) is 4.90. The number of phenolic OH excluding ortho intramolecular Hbond substituents is 1. The van der Waals surface area contributed by atoms with Crippen molar-refractivity contribution in [1.82, 2.24) is 9.88 Å². The van der Waals surface area contributed by atoms with Crippen LogP contribution < -0.4 is 5.32 Å². The van der Waals surface area contributed by atoms with Crippen LogP contribution in [0.2, 0.25) is 0 Å². The number of likely N-dealkylation sites (tertiary alicyclic amines) is 1. The number of rotatable bonds is 5. The molecule has 1 fully saturated rings. The van der Waals surface area contributed by atoms with Crippen LogP contribution >= 0.6 is 11.3 Å². The molecule has 9 heteroatoms. The van der Waals surface area contributed by atoms with Crippen LogP contribution in [0.1, 0.15) is 76.3 Å². The summed E-state index contributed by atoms with van der Waals surface area (Å²) in [6.07, 6.45) is 2.64. The number of Topliss-reactive ketones (excluding diaryl/α,β-unsaturated/α-hetero) is 1. The zero-order valence-electron chi connectivity index (χ0n) is 20.1. The lowest BCUT2D eigenvalue weighted by molar-refractivity contribution is 0.0521. The van der Waals surface area contributed by atoms with Crippen molar-refractivity contribution in [3.8, 4) is 5.75 Å². The molecule has 0 atom stereocenters. The summed E-state index contributed by atoms with van der Waals surface area (Å²) in [5.74, 6) is -0.181. The average molecular weight is 485 g/mol. The minimum atomic E-state index is -0.479. The Hall–Kier alpha value is -2.78. The van der Waals surface area contributed by atoms with Crippen molar-refractivity contribution >= 4 is 34.4 Å². The van der Waals surface area contributed by atoms with Crippen molar-refractivity contribution in [1.29, 1.82) is 5.41 Å². The molecule has 34 heavy (non-hydrogen) atoms. The van der Waals surface area contributed by atoms with E-state index in [1.54, 1.807) is 24.9 Å². The highest BCUT2D eigenvalue weighted by molar-refractivity contribution is 7.12. The van der Waals surface area contributed by atoms with Crippen LogP contribution in [0.25, 0.3) is 0 Å². The Morgan fingerprint density at radius 3 is 2.56 bits per heavy atom. The van der Waals surface area contributed by atoms with Gasteiger partial charge in [0.25, 0.3) is 5.91 Å². The van der Waals surface area contributed by atoms with Crippen LogP contribution in [-0.2, 0) is 11.8 Å². The lowest BCUT2D eigenvalue weighted by Gasteiger charge is -2.43. The molecule has 182 valence electrons. The third-order valence-electron chi connectivity index (χ3n) is 7.14. The second-order valence-electron chi connectivity index (χ2n) is 10.2. The Kier molecular flexibility index (Phi) is 6.29. The summed E-state index contributed by atoms with van der Waals surface area (Å²) in [6, 6.07) is 3.10. The summed E-state index contributed by atoms with van der Waals surface area (Å²) in [7, 11) is 1.67. The molecule has 1 aliphatic heterocycles. The number of nitrogens with zero attached hydrogens (tertiary/aromatic N) is 2. The van der Waals surface area contributed by atoms with Gasteiger partial charge in [-0.1, -0.05) is 13.8 Å². The Balaban J connectivity index is 1.51. The Bertz CT molecular complexity index is 1160. The monoisotopic (exact) mass is 484 g/mol. The number of piperidine rings is 1. The summed E-state index contributed by atoms with van der Waals surface area (Å²) in [4.78, 5) is 33.5. The highest BCUT2D eigenvalue weighted by Gasteiger charge is 2.44. The topological polar surface area (TPSA) is 127 Å². The van der Waals surface area contributed by atoms with Gasteiger partial charge in [0.15, 0.2) is 5.78 Å². The number of aliphatic hydroxyl groups is 1. The lowest BCUT2D eigenvalue weighted by Crippen LogP contribution is -2.46. The molecule has 4 N–H and O–H groups in total. The van der Waals surface area contributed by atoms with Gasteiger partial charge >= 0.3 is 0 Å². The molecule has 1 spiro atoms. The number of ketones is 1. The second kappa shape index (κ2) is 8.78. The molecule has 2 heterocycles. The van der Waals surface area contributed by atoms with Gasteiger partial charge in [-0.15, -0.1) is 11.3 Å². The van der Waals surface area contributed by atoms with E-state index in [1.807, 2.05) is 13.8 Å². The molecular formula is C25H32N4O4S. The smallest absolute Gasteiger partial charge is 0.254 e. The Labute approximate surface area is 203 Å². The van der Waals surface area contributed by atoms with E-state index in [0.717, 1.165) is 29.1 Å². The first-order valence-electron chi connectivity index (χ1n) is 11.5. The van der Waals surface area contributed by atoms with Gasteiger partial charge in [-0.3, -0.25) is 9.59 Å². The van der Waals surface area contributed by atoms with Gasteiger partial charge in [0.05, 0.1) is 12.3 Å². The molecule has 0 saturated carbocycles. The molecular weight excluding hydrogens is 452 g/mol. The van der Waals surface area contributed by atoms with Crippen molar-refractivity contribution in [2.45, 2.75) is 51.9 Å². The highest BCUT2D eigenvalue weighted by atomic mass is 32.1. The number of fused-ring (bicyclic) bond motifs is 1. The summed E-state index contributed by atoms with van der Waals surface area (Å²) in [5, 5.41) is 31.8. The third kappa shape index (κ3) is 4.22. The molecule has 1 aromatic carbocycles. The summed E-state index contributed by atoms with van der Waals surface area (Å²) in [6.45, 7) is 6.50. The fourth-order valence-corrected chi connectivity index (χ4v) is 6.25. The van der Waals surface area contributed by atoms with Gasteiger partial charge in [-0.2, -0.15) is 0 Å². The summed E-state index contributed by atoms with van der Waals surface area (Å²) in [5.41, 5.74) is 1.45. The fraction of sp³-hybridized carbons (Fsp3) is 0.520. The van der Waals surface area contributed by atoms with E-state index < -0.39 is 5.41 Å². The number of aromatic hydroxyl groups is 1. The first-order valence-corrected chi connectivity index (χ1v) is 12.4. The van der Waals surface area contributed by atoms with Crippen molar-refractivity contribution < 1.29 is 19.8 Å². The number of hydrogen-bond acceptors (Lipinski definition) is 8.